The fraction of sp³-hybridized carbons (Fsp3) is 0.538. The molecule has 1 saturated heterocycles. The van der Waals surface area contributed by atoms with E-state index in [2.05, 4.69) is 9.88 Å². The summed E-state index contributed by atoms with van der Waals surface area (Å²) in [7, 11) is 1.38. The van der Waals surface area contributed by atoms with Crippen molar-refractivity contribution in [2.75, 3.05) is 20.2 Å². The number of esters is 1. The molecule has 0 aliphatic carbocycles. The first-order valence-electron chi connectivity index (χ1n) is 6.04. The number of rotatable bonds is 3. The highest BCUT2D eigenvalue weighted by Crippen LogP contribution is 2.14. The normalized spacial score (nSPS) is 24.8. The highest BCUT2D eigenvalue weighted by atomic mass is 16.6. The van der Waals surface area contributed by atoms with Gasteiger partial charge in [-0.25, -0.2) is 4.79 Å². The molecule has 1 aromatic rings. The molecule has 1 aliphatic rings. The summed E-state index contributed by atoms with van der Waals surface area (Å²) in [5.74, 6) is -0.312. The molecule has 98 valence electrons. The molecule has 5 nitrogen and oxygen atoms in total. The lowest BCUT2D eigenvalue weighted by molar-refractivity contribution is -0.166. The Bertz CT molecular complexity index is 396. The number of methoxy groups -OCH3 is 1. The van der Waals surface area contributed by atoms with E-state index in [-0.39, 0.29) is 12.1 Å². The van der Waals surface area contributed by atoms with E-state index >= 15 is 0 Å². The zero-order valence-electron chi connectivity index (χ0n) is 10.7. The Kier molecular flexibility index (Phi) is 4.28. The first-order chi connectivity index (χ1) is 8.69. The Morgan fingerprint density at radius 1 is 1.56 bits per heavy atom. The predicted molar refractivity (Wildman–Crippen MR) is 65.9 cm³/mol. The van der Waals surface area contributed by atoms with Crippen LogP contribution in [0.1, 0.15) is 12.6 Å². The summed E-state index contributed by atoms with van der Waals surface area (Å²) in [6.45, 7) is 4.03. The highest BCUT2D eigenvalue weighted by Gasteiger charge is 2.31. The molecular weight excluding hydrogens is 232 g/mol. The molecule has 0 aromatic carbocycles. The van der Waals surface area contributed by atoms with Crippen molar-refractivity contribution in [1.29, 1.82) is 0 Å². The summed E-state index contributed by atoms with van der Waals surface area (Å²) in [6.07, 6.45) is 1.30. The Hall–Kier alpha value is -1.46. The number of carbonyl (C=O) groups excluding carboxylic acids is 1. The summed E-state index contributed by atoms with van der Waals surface area (Å²) in [6, 6.07) is 5.83. The molecule has 1 unspecified atom stereocenters. The Balaban J connectivity index is 1.98. The lowest BCUT2D eigenvalue weighted by Crippen LogP contribution is -2.49. The van der Waals surface area contributed by atoms with E-state index in [1.807, 2.05) is 25.1 Å². The molecule has 18 heavy (non-hydrogen) atoms. The van der Waals surface area contributed by atoms with Crippen LogP contribution in [0.3, 0.4) is 0 Å². The van der Waals surface area contributed by atoms with Gasteiger partial charge in [-0.15, -0.1) is 0 Å². The minimum atomic E-state index is -0.498. The fourth-order valence-corrected chi connectivity index (χ4v) is 2.15. The largest absolute Gasteiger partial charge is 0.467 e. The van der Waals surface area contributed by atoms with Crippen molar-refractivity contribution in [2.24, 2.45) is 0 Å². The molecule has 5 heteroatoms. The van der Waals surface area contributed by atoms with Gasteiger partial charge in [0.1, 0.15) is 0 Å². The molecule has 1 fully saturated rings. The molecule has 2 heterocycles. The summed E-state index contributed by atoms with van der Waals surface area (Å²) in [5, 5.41) is 0. The molecule has 0 saturated carbocycles. The minimum absolute atomic E-state index is 0.0200. The van der Waals surface area contributed by atoms with Gasteiger partial charge in [0.2, 0.25) is 0 Å². The maximum absolute atomic E-state index is 11.5. The Labute approximate surface area is 107 Å². The second kappa shape index (κ2) is 5.93. The standard InChI is InChI=1S/C13H18N2O3/c1-10-7-15(8-11-5-3-4-6-14-11)9-12(18-10)13(16)17-2/h3-6,10,12H,7-9H2,1-2H3/t10-,12?/m1/s1. The summed E-state index contributed by atoms with van der Waals surface area (Å²) < 4.78 is 10.3. The SMILES string of the molecule is COC(=O)C1CN(Cc2ccccn2)C[C@@H](C)O1. The van der Waals surface area contributed by atoms with Crippen LogP contribution in [0.2, 0.25) is 0 Å². The summed E-state index contributed by atoms with van der Waals surface area (Å²) in [4.78, 5) is 18.0. The van der Waals surface area contributed by atoms with Crippen LogP contribution >= 0.6 is 0 Å². The molecule has 0 spiro atoms. The van der Waals surface area contributed by atoms with Crippen LogP contribution in [-0.2, 0) is 20.8 Å². The third kappa shape index (κ3) is 3.27. The number of hydrogen-bond acceptors (Lipinski definition) is 5. The van der Waals surface area contributed by atoms with E-state index in [0.717, 1.165) is 18.8 Å². The molecule has 0 radical (unpaired) electrons. The van der Waals surface area contributed by atoms with Crippen molar-refractivity contribution < 1.29 is 14.3 Å². The maximum Gasteiger partial charge on any atom is 0.336 e. The zero-order valence-corrected chi connectivity index (χ0v) is 10.7. The fourth-order valence-electron chi connectivity index (χ4n) is 2.15. The van der Waals surface area contributed by atoms with Gasteiger partial charge in [-0.05, 0) is 19.1 Å². The number of nitrogens with zero attached hydrogens (tertiary/aromatic N) is 2. The summed E-state index contributed by atoms with van der Waals surface area (Å²) in [5.41, 5.74) is 0.996. The van der Waals surface area contributed by atoms with Crippen LogP contribution in [0.4, 0.5) is 0 Å². The third-order valence-electron chi connectivity index (χ3n) is 2.91. The van der Waals surface area contributed by atoms with E-state index in [4.69, 9.17) is 9.47 Å². The average molecular weight is 250 g/mol. The molecule has 0 amide bonds. The lowest BCUT2D eigenvalue weighted by atomic mass is 10.2. The van der Waals surface area contributed by atoms with Crippen LogP contribution in [0.25, 0.3) is 0 Å². The highest BCUT2D eigenvalue weighted by molar-refractivity contribution is 5.74. The summed E-state index contributed by atoms with van der Waals surface area (Å²) >= 11 is 0. The van der Waals surface area contributed by atoms with Crippen LogP contribution < -0.4 is 0 Å². The van der Waals surface area contributed by atoms with Crippen LogP contribution in [0.5, 0.6) is 0 Å². The van der Waals surface area contributed by atoms with Gasteiger partial charge in [-0.2, -0.15) is 0 Å². The van der Waals surface area contributed by atoms with Crippen molar-refractivity contribution in [3.05, 3.63) is 30.1 Å². The quantitative estimate of drug-likeness (QED) is 0.744. The van der Waals surface area contributed by atoms with E-state index in [9.17, 15) is 4.79 Å². The van der Waals surface area contributed by atoms with Gasteiger partial charge >= 0.3 is 5.97 Å². The van der Waals surface area contributed by atoms with Crippen LogP contribution in [-0.4, -0.2) is 48.3 Å². The van der Waals surface area contributed by atoms with Crippen molar-refractivity contribution in [2.45, 2.75) is 25.7 Å². The third-order valence-corrected chi connectivity index (χ3v) is 2.91. The Morgan fingerprint density at radius 2 is 2.39 bits per heavy atom. The number of hydrogen-bond donors (Lipinski definition) is 0. The van der Waals surface area contributed by atoms with Gasteiger partial charge < -0.3 is 9.47 Å². The van der Waals surface area contributed by atoms with E-state index in [1.165, 1.54) is 7.11 Å². The van der Waals surface area contributed by atoms with Crippen molar-refractivity contribution in [1.82, 2.24) is 9.88 Å². The number of ether oxygens (including phenoxy) is 2. The van der Waals surface area contributed by atoms with Gasteiger partial charge in [-0.1, -0.05) is 6.07 Å². The maximum atomic E-state index is 11.5. The van der Waals surface area contributed by atoms with Crippen molar-refractivity contribution >= 4 is 5.97 Å². The average Bonchev–Trinajstić information content (AvgIpc) is 2.38. The van der Waals surface area contributed by atoms with Crippen LogP contribution in [0.15, 0.2) is 24.4 Å². The van der Waals surface area contributed by atoms with Gasteiger partial charge in [0.15, 0.2) is 6.10 Å². The van der Waals surface area contributed by atoms with E-state index < -0.39 is 6.10 Å². The number of morpholine rings is 1. The predicted octanol–water partition coefficient (Wildman–Crippen LogP) is 0.844. The minimum Gasteiger partial charge on any atom is -0.467 e. The number of carbonyl (C=O) groups is 1. The van der Waals surface area contributed by atoms with Crippen LogP contribution in [0, 0.1) is 0 Å². The number of aromatic nitrogens is 1. The van der Waals surface area contributed by atoms with Crippen molar-refractivity contribution in [3.63, 3.8) is 0 Å². The smallest absolute Gasteiger partial charge is 0.336 e. The van der Waals surface area contributed by atoms with Crippen molar-refractivity contribution in [3.8, 4) is 0 Å². The first-order valence-corrected chi connectivity index (χ1v) is 6.04. The second-order valence-corrected chi connectivity index (χ2v) is 4.47. The molecular formula is C13H18N2O3. The molecule has 2 rings (SSSR count). The lowest BCUT2D eigenvalue weighted by Gasteiger charge is -2.35. The van der Waals surface area contributed by atoms with Gasteiger partial charge in [0.05, 0.1) is 18.9 Å². The molecule has 2 atom stereocenters. The van der Waals surface area contributed by atoms with Gasteiger partial charge in [-0.3, -0.25) is 9.88 Å². The monoisotopic (exact) mass is 250 g/mol. The van der Waals surface area contributed by atoms with E-state index in [1.54, 1.807) is 6.20 Å². The molecule has 1 aliphatic heterocycles. The topological polar surface area (TPSA) is 51.7 Å². The second-order valence-electron chi connectivity index (χ2n) is 4.47. The molecule has 1 aromatic heterocycles. The van der Waals surface area contributed by atoms with E-state index in [0.29, 0.717) is 6.54 Å². The zero-order chi connectivity index (χ0) is 13.0. The Morgan fingerprint density at radius 3 is 3.06 bits per heavy atom. The first kappa shape index (κ1) is 13.0. The van der Waals surface area contributed by atoms with Gasteiger partial charge in [0, 0.05) is 25.8 Å². The molecule has 0 bridgehead atoms. The van der Waals surface area contributed by atoms with Gasteiger partial charge in [0.25, 0.3) is 0 Å². The number of pyridine rings is 1. The molecule has 0 N–H and O–H groups in total.